The van der Waals surface area contributed by atoms with Gasteiger partial charge in [-0.2, -0.15) is 0 Å². The van der Waals surface area contributed by atoms with Crippen molar-refractivity contribution in [2.75, 3.05) is 5.43 Å². The smallest absolute Gasteiger partial charge is 0.270 e. The van der Waals surface area contributed by atoms with Gasteiger partial charge in [-0.1, -0.05) is 54.6 Å². The number of amides is 3. The Labute approximate surface area is 222 Å². The maximum absolute atomic E-state index is 13.6. The zero-order valence-corrected chi connectivity index (χ0v) is 20.5. The van der Waals surface area contributed by atoms with Crippen molar-refractivity contribution in [2.24, 2.45) is 0 Å². The number of nitrogens with one attached hydrogen (secondary N) is 1. The number of hydrogen-bond acceptors (Lipinski definition) is 6. The molecule has 1 saturated heterocycles. The zero-order valence-electron chi connectivity index (χ0n) is 20.5. The summed E-state index contributed by atoms with van der Waals surface area (Å²) in [6.07, 6.45) is 0. The summed E-state index contributed by atoms with van der Waals surface area (Å²) < 4.78 is -0.167. The van der Waals surface area contributed by atoms with Gasteiger partial charge < -0.3 is 0 Å². The minimum atomic E-state index is -0.529. The Morgan fingerprint density at radius 2 is 1.46 bits per heavy atom. The molecule has 0 radical (unpaired) electrons. The molecule has 3 heterocycles. The van der Waals surface area contributed by atoms with E-state index in [0.717, 1.165) is 16.8 Å². The molecular formula is C30H21N4O5+. The van der Waals surface area contributed by atoms with Crippen LogP contribution in [0.15, 0.2) is 97.1 Å². The van der Waals surface area contributed by atoms with E-state index in [1.165, 1.54) is 17.0 Å². The number of hydrogen-bond donors (Lipinski definition) is 1. The van der Waals surface area contributed by atoms with Crippen LogP contribution in [-0.2, 0) is 11.3 Å². The van der Waals surface area contributed by atoms with Crippen LogP contribution in [0.25, 0.3) is 0 Å². The molecule has 4 aromatic rings. The molecule has 0 aromatic heterocycles. The van der Waals surface area contributed by atoms with Crippen LogP contribution >= 0.6 is 0 Å². The van der Waals surface area contributed by atoms with Gasteiger partial charge in [0.05, 0.1) is 28.3 Å². The van der Waals surface area contributed by atoms with Gasteiger partial charge >= 0.3 is 5.91 Å². The molecule has 3 aliphatic rings. The average Bonchev–Trinajstić information content (AvgIpc) is 3.48. The van der Waals surface area contributed by atoms with Crippen LogP contribution in [-0.4, -0.2) is 27.5 Å². The van der Waals surface area contributed by atoms with Gasteiger partial charge in [0.25, 0.3) is 17.5 Å². The van der Waals surface area contributed by atoms with Crippen LogP contribution in [0.3, 0.4) is 0 Å². The van der Waals surface area contributed by atoms with Gasteiger partial charge in [0.15, 0.2) is 17.6 Å². The topological polar surface area (TPSA) is 110 Å². The van der Waals surface area contributed by atoms with Crippen LogP contribution in [0.2, 0.25) is 0 Å². The SMILES string of the molecule is O=C1c2ccccc2C(=O)N1Cc1ccc(C2C3C(=O)[N+]2(Nc2ccccc2)c2ccc([N+](=O)[O-])cc23)cc1. The molecule has 2 bridgehead atoms. The number of nitro groups is 1. The molecule has 1 fully saturated rings. The van der Waals surface area contributed by atoms with Crippen LogP contribution < -0.4 is 10.0 Å². The normalized spacial score (nSPS) is 22.4. The maximum atomic E-state index is 13.6. The molecule has 0 spiro atoms. The van der Waals surface area contributed by atoms with Gasteiger partial charge in [0.1, 0.15) is 0 Å². The Kier molecular flexibility index (Phi) is 4.82. The Morgan fingerprint density at radius 3 is 2.10 bits per heavy atom. The first-order valence-corrected chi connectivity index (χ1v) is 12.5. The summed E-state index contributed by atoms with van der Waals surface area (Å²) in [4.78, 5) is 51.5. The number of nitrogens with zero attached hydrogens (tertiary/aromatic N) is 3. The minimum absolute atomic E-state index is 0.0526. The number of para-hydroxylation sites is 1. The second kappa shape index (κ2) is 8.17. The van der Waals surface area contributed by atoms with Gasteiger partial charge in [-0.3, -0.25) is 24.6 Å². The first-order valence-electron chi connectivity index (χ1n) is 12.5. The monoisotopic (exact) mass is 517 g/mol. The minimum Gasteiger partial charge on any atom is -0.270 e. The second-order valence-electron chi connectivity index (χ2n) is 9.95. The third kappa shape index (κ3) is 3.14. The van der Waals surface area contributed by atoms with E-state index in [-0.39, 0.29) is 40.6 Å². The highest BCUT2D eigenvalue weighted by molar-refractivity contribution is 6.21. The molecule has 9 nitrogen and oxygen atoms in total. The third-order valence-electron chi connectivity index (χ3n) is 7.90. The Bertz CT molecular complexity index is 1680. The summed E-state index contributed by atoms with van der Waals surface area (Å²) in [5.74, 6) is -1.24. The lowest BCUT2D eigenvalue weighted by Gasteiger charge is -2.45. The number of imide groups is 1. The van der Waals surface area contributed by atoms with Crippen molar-refractivity contribution in [3.8, 4) is 0 Å². The molecule has 190 valence electrons. The molecular weight excluding hydrogens is 496 g/mol. The second-order valence-corrected chi connectivity index (χ2v) is 9.95. The van der Waals surface area contributed by atoms with Crippen molar-refractivity contribution < 1.29 is 19.3 Å². The Hall–Kier alpha value is -5.15. The molecule has 3 unspecified atom stereocenters. The van der Waals surface area contributed by atoms with E-state index in [1.54, 1.807) is 30.3 Å². The van der Waals surface area contributed by atoms with Crippen molar-refractivity contribution in [1.29, 1.82) is 0 Å². The fourth-order valence-corrected chi connectivity index (χ4v) is 6.13. The molecule has 9 heteroatoms. The van der Waals surface area contributed by atoms with E-state index >= 15 is 0 Å². The highest BCUT2D eigenvalue weighted by Gasteiger charge is 2.75. The van der Waals surface area contributed by atoms with Crippen molar-refractivity contribution >= 4 is 34.8 Å². The lowest BCUT2D eigenvalue weighted by Crippen LogP contribution is -2.68. The molecule has 1 N–H and O–H groups in total. The Morgan fingerprint density at radius 1 is 0.821 bits per heavy atom. The predicted octanol–water partition coefficient (Wildman–Crippen LogP) is 5.10. The fraction of sp³-hybridized carbons (Fsp3) is 0.100. The third-order valence-corrected chi connectivity index (χ3v) is 7.90. The maximum Gasteiger partial charge on any atom is 0.357 e. The van der Waals surface area contributed by atoms with Crippen LogP contribution in [0.5, 0.6) is 0 Å². The highest BCUT2D eigenvalue weighted by atomic mass is 16.6. The standard InChI is InChI=1S/C30H21N4O5/c35-28-22-8-4-5-9-23(22)29(36)32(28)17-18-10-12-19(13-11-18)27-26-24-16-21(33(38)39)14-15-25(24)34(27,30(26)37)31-20-6-2-1-3-7-20/h1-16,26-27,31H,17H2/q+1. The quantitative estimate of drug-likeness (QED) is 0.125. The first kappa shape index (κ1) is 23.0. The van der Waals surface area contributed by atoms with E-state index < -0.39 is 10.8 Å². The molecule has 0 aliphatic carbocycles. The Balaban J connectivity index is 1.23. The summed E-state index contributed by atoms with van der Waals surface area (Å²) in [6, 6.07) is 27.9. The van der Waals surface area contributed by atoms with Crippen LogP contribution in [0, 0.1) is 10.1 Å². The van der Waals surface area contributed by atoms with E-state index in [0.29, 0.717) is 22.4 Å². The molecule has 39 heavy (non-hydrogen) atoms. The number of anilines is 1. The largest absolute Gasteiger partial charge is 0.357 e. The lowest BCUT2D eigenvalue weighted by atomic mass is 9.82. The number of nitro benzene ring substituents is 1. The average molecular weight is 518 g/mol. The summed E-state index contributed by atoms with van der Waals surface area (Å²) in [6.45, 7) is 0.133. The lowest BCUT2D eigenvalue weighted by molar-refractivity contribution is -0.384. The molecule has 0 saturated carbocycles. The molecule has 3 atom stereocenters. The fourth-order valence-electron chi connectivity index (χ4n) is 6.13. The van der Waals surface area contributed by atoms with Crippen molar-refractivity contribution in [3.63, 3.8) is 0 Å². The van der Waals surface area contributed by atoms with Gasteiger partial charge in [-0.15, -0.1) is 4.59 Å². The first-order chi connectivity index (χ1) is 18.9. The molecule has 3 amide bonds. The van der Waals surface area contributed by atoms with Crippen molar-refractivity contribution in [3.05, 3.63) is 135 Å². The predicted molar refractivity (Wildman–Crippen MR) is 143 cm³/mol. The van der Waals surface area contributed by atoms with Crippen LogP contribution in [0.1, 0.15) is 49.4 Å². The van der Waals surface area contributed by atoms with E-state index in [9.17, 15) is 24.5 Å². The number of rotatable bonds is 6. The van der Waals surface area contributed by atoms with Crippen molar-refractivity contribution in [1.82, 2.24) is 9.49 Å². The molecule has 3 aliphatic heterocycles. The van der Waals surface area contributed by atoms with Crippen molar-refractivity contribution in [2.45, 2.75) is 18.5 Å². The van der Waals surface area contributed by atoms with E-state index in [4.69, 9.17) is 0 Å². The van der Waals surface area contributed by atoms with Gasteiger partial charge in [-0.05, 0) is 29.8 Å². The number of non-ortho nitro benzene ring substituents is 1. The number of benzene rings is 4. The van der Waals surface area contributed by atoms with E-state index in [1.807, 2.05) is 54.6 Å². The van der Waals surface area contributed by atoms with Gasteiger partial charge in [0.2, 0.25) is 0 Å². The van der Waals surface area contributed by atoms with E-state index in [2.05, 4.69) is 5.43 Å². The summed E-state index contributed by atoms with van der Waals surface area (Å²) >= 11 is 0. The summed E-state index contributed by atoms with van der Waals surface area (Å²) in [5.41, 5.74) is 7.90. The summed E-state index contributed by atoms with van der Waals surface area (Å²) in [5, 5.41) is 11.5. The number of carbonyl (C=O) groups is 3. The molecule has 4 aromatic carbocycles. The van der Waals surface area contributed by atoms with Gasteiger partial charge in [-0.25, -0.2) is 10.2 Å². The zero-order chi connectivity index (χ0) is 26.9. The van der Waals surface area contributed by atoms with Gasteiger partial charge in [0, 0.05) is 29.3 Å². The number of carbonyl (C=O) groups excluding carboxylic acids is 3. The highest BCUT2D eigenvalue weighted by Crippen LogP contribution is 2.64. The number of quaternary nitrogens is 1. The molecule has 7 rings (SSSR count). The summed E-state index contributed by atoms with van der Waals surface area (Å²) in [7, 11) is 0. The number of β-lactam (4-membered cyclic amide) rings is 1. The van der Waals surface area contributed by atoms with Crippen LogP contribution in [0.4, 0.5) is 17.1 Å². The number of fused-ring (bicyclic) bond motifs is 6.